The minimum absolute atomic E-state index is 0.316. The van der Waals surface area contributed by atoms with Crippen molar-refractivity contribution in [2.45, 2.75) is 18.9 Å². The molecule has 19 heavy (non-hydrogen) atoms. The van der Waals surface area contributed by atoms with Gasteiger partial charge in [0.05, 0.1) is 5.56 Å². The Morgan fingerprint density at radius 1 is 1.32 bits per heavy atom. The Labute approximate surface area is 114 Å². The standard InChI is InChI=1S/C15H22N2O2/c1-16-14(12-7-9-17(2)10-8-12)11-3-5-13(6-4-11)15(18)19/h3-6,12,14,16H,7-10H2,1-2H3,(H,18,19). The van der Waals surface area contributed by atoms with Gasteiger partial charge in [-0.15, -0.1) is 0 Å². The number of carboxylic acids is 1. The number of benzene rings is 1. The lowest BCUT2D eigenvalue weighted by Crippen LogP contribution is -2.36. The second-order valence-electron chi connectivity index (χ2n) is 5.33. The molecule has 0 spiro atoms. The molecule has 4 heteroatoms. The van der Waals surface area contributed by atoms with E-state index < -0.39 is 5.97 Å². The van der Waals surface area contributed by atoms with E-state index in [0.29, 0.717) is 17.5 Å². The number of nitrogens with zero attached hydrogens (tertiary/aromatic N) is 1. The topological polar surface area (TPSA) is 52.6 Å². The first-order valence-corrected chi connectivity index (χ1v) is 6.81. The highest BCUT2D eigenvalue weighted by Gasteiger charge is 2.25. The summed E-state index contributed by atoms with van der Waals surface area (Å²) in [4.78, 5) is 13.2. The average molecular weight is 262 g/mol. The summed E-state index contributed by atoms with van der Waals surface area (Å²) in [5.74, 6) is -0.247. The van der Waals surface area contributed by atoms with Crippen LogP contribution in [0.1, 0.15) is 34.8 Å². The Hall–Kier alpha value is -1.39. The summed E-state index contributed by atoms with van der Waals surface area (Å²) >= 11 is 0. The molecule has 1 atom stereocenters. The van der Waals surface area contributed by atoms with Gasteiger partial charge >= 0.3 is 5.97 Å². The monoisotopic (exact) mass is 262 g/mol. The number of rotatable bonds is 4. The highest BCUT2D eigenvalue weighted by Crippen LogP contribution is 2.30. The molecule has 0 aromatic heterocycles. The zero-order valence-electron chi connectivity index (χ0n) is 11.6. The van der Waals surface area contributed by atoms with E-state index in [9.17, 15) is 4.79 Å². The van der Waals surface area contributed by atoms with Crippen LogP contribution in [-0.2, 0) is 0 Å². The number of nitrogens with one attached hydrogen (secondary N) is 1. The van der Waals surface area contributed by atoms with Gasteiger partial charge in [-0.25, -0.2) is 4.79 Å². The largest absolute Gasteiger partial charge is 0.478 e. The summed E-state index contributed by atoms with van der Waals surface area (Å²) in [5, 5.41) is 12.3. The normalized spacial score (nSPS) is 19.3. The number of piperidine rings is 1. The molecule has 1 aliphatic rings. The molecule has 104 valence electrons. The lowest BCUT2D eigenvalue weighted by atomic mass is 9.85. The fourth-order valence-corrected chi connectivity index (χ4v) is 2.87. The molecule has 0 amide bonds. The molecule has 1 unspecified atom stereocenters. The van der Waals surface area contributed by atoms with Crippen LogP contribution >= 0.6 is 0 Å². The predicted octanol–water partition coefficient (Wildman–Crippen LogP) is 1.99. The number of carboxylic acid groups (broad SMARTS) is 1. The molecule has 1 aliphatic heterocycles. The second kappa shape index (κ2) is 6.17. The average Bonchev–Trinajstić information content (AvgIpc) is 2.42. The van der Waals surface area contributed by atoms with Gasteiger partial charge < -0.3 is 15.3 Å². The van der Waals surface area contributed by atoms with Crippen LogP contribution in [0.4, 0.5) is 0 Å². The predicted molar refractivity (Wildman–Crippen MR) is 75.4 cm³/mol. The fourth-order valence-electron chi connectivity index (χ4n) is 2.87. The summed E-state index contributed by atoms with van der Waals surface area (Å²) in [5.41, 5.74) is 1.53. The summed E-state index contributed by atoms with van der Waals surface area (Å²) in [6.07, 6.45) is 2.37. The van der Waals surface area contributed by atoms with Crippen molar-refractivity contribution in [2.24, 2.45) is 5.92 Å². The van der Waals surface area contributed by atoms with E-state index in [1.807, 2.05) is 19.2 Å². The number of aromatic carboxylic acids is 1. The Balaban J connectivity index is 2.10. The SMILES string of the molecule is CNC(c1ccc(C(=O)O)cc1)C1CCN(C)CC1. The molecule has 1 fully saturated rings. The number of hydrogen-bond donors (Lipinski definition) is 2. The molecular weight excluding hydrogens is 240 g/mol. The van der Waals surface area contributed by atoms with Crippen molar-refractivity contribution < 1.29 is 9.90 Å². The maximum Gasteiger partial charge on any atom is 0.335 e. The molecule has 4 nitrogen and oxygen atoms in total. The van der Waals surface area contributed by atoms with Crippen molar-refractivity contribution in [3.8, 4) is 0 Å². The molecule has 2 N–H and O–H groups in total. The third kappa shape index (κ3) is 3.33. The molecule has 1 aromatic rings. The van der Waals surface area contributed by atoms with Gasteiger partial charge in [0.1, 0.15) is 0 Å². The van der Waals surface area contributed by atoms with Gasteiger partial charge in [0.15, 0.2) is 0 Å². The van der Waals surface area contributed by atoms with Crippen LogP contribution in [0.3, 0.4) is 0 Å². The third-order valence-corrected chi connectivity index (χ3v) is 4.06. The molecule has 0 saturated carbocycles. The fraction of sp³-hybridized carbons (Fsp3) is 0.533. The number of likely N-dealkylation sites (tertiary alicyclic amines) is 1. The van der Waals surface area contributed by atoms with Crippen LogP contribution in [0.25, 0.3) is 0 Å². The van der Waals surface area contributed by atoms with Gasteiger partial charge in [-0.3, -0.25) is 0 Å². The van der Waals surface area contributed by atoms with Crippen LogP contribution in [0.15, 0.2) is 24.3 Å². The van der Waals surface area contributed by atoms with E-state index in [1.165, 1.54) is 18.4 Å². The van der Waals surface area contributed by atoms with Crippen LogP contribution in [0, 0.1) is 5.92 Å². The Morgan fingerprint density at radius 3 is 2.37 bits per heavy atom. The van der Waals surface area contributed by atoms with Gasteiger partial charge in [-0.2, -0.15) is 0 Å². The Morgan fingerprint density at radius 2 is 1.89 bits per heavy atom. The number of hydrogen-bond acceptors (Lipinski definition) is 3. The van der Waals surface area contributed by atoms with E-state index in [-0.39, 0.29) is 0 Å². The van der Waals surface area contributed by atoms with Crippen molar-refractivity contribution in [2.75, 3.05) is 27.2 Å². The van der Waals surface area contributed by atoms with Crippen molar-refractivity contribution in [3.63, 3.8) is 0 Å². The van der Waals surface area contributed by atoms with Crippen molar-refractivity contribution in [1.82, 2.24) is 10.2 Å². The van der Waals surface area contributed by atoms with Crippen LogP contribution in [0.2, 0.25) is 0 Å². The molecule has 0 bridgehead atoms. The summed E-state index contributed by atoms with van der Waals surface area (Å²) in [7, 11) is 4.14. The molecule has 1 heterocycles. The minimum atomic E-state index is -0.869. The van der Waals surface area contributed by atoms with Gasteiger partial charge in [0.25, 0.3) is 0 Å². The lowest BCUT2D eigenvalue weighted by molar-refractivity contribution is 0.0697. The highest BCUT2D eigenvalue weighted by molar-refractivity contribution is 5.87. The van der Waals surface area contributed by atoms with Crippen LogP contribution < -0.4 is 5.32 Å². The zero-order valence-corrected chi connectivity index (χ0v) is 11.6. The van der Waals surface area contributed by atoms with E-state index in [4.69, 9.17) is 5.11 Å². The molecular formula is C15H22N2O2. The second-order valence-corrected chi connectivity index (χ2v) is 5.33. The Bertz CT molecular complexity index is 422. The van der Waals surface area contributed by atoms with Crippen LogP contribution in [-0.4, -0.2) is 43.2 Å². The van der Waals surface area contributed by atoms with Crippen molar-refractivity contribution in [1.29, 1.82) is 0 Å². The van der Waals surface area contributed by atoms with Crippen molar-refractivity contribution in [3.05, 3.63) is 35.4 Å². The first kappa shape index (κ1) is 14.0. The summed E-state index contributed by atoms with van der Waals surface area (Å²) in [6, 6.07) is 7.57. The summed E-state index contributed by atoms with van der Waals surface area (Å²) in [6.45, 7) is 2.27. The molecule has 0 aliphatic carbocycles. The molecule has 2 rings (SSSR count). The number of carbonyl (C=O) groups is 1. The van der Waals surface area contributed by atoms with Crippen LogP contribution in [0.5, 0.6) is 0 Å². The highest BCUT2D eigenvalue weighted by atomic mass is 16.4. The first-order valence-electron chi connectivity index (χ1n) is 6.81. The van der Waals surface area contributed by atoms with Gasteiger partial charge in [0, 0.05) is 6.04 Å². The lowest BCUT2D eigenvalue weighted by Gasteiger charge is -2.34. The molecule has 1 saturated heterocycles. The Kier molecular flexibility index (Phi) is 4.56. The van der Waals surface area contributed by atoms with E-state index in [2.05, 4.69) is 17.3 Å². The quantitative estimate of drug-likeness (QED) is 0.871. The molecule has 0 radical (unpaired) electrons. The maximum atomic E-state index is 10.9. The van der Waals surface area contributed by atoms with Gasteiger partial charge in [-0.1, -0.05) is 12.1 Å². The maximum absolute atomic E-state index is 10.9. The van der Waals surface area contributed by atoms with E-state index in [1.54, 1.807) is 12.1 Å². The van der Waals surface area contributed by atoms with Gasteiger partial charge in [-0.05, 0) is 63.6 Å². The summed E-state index contributed by atoms with van der Waals surface area (Å²) < 4.78 is 0. The minimum Gasteiger partial charge on any atom is -0.478 e. The zero-order chi connectivity index (χ0) is 13.8. The first-order chi connectivity index (χ1) is 9.11. The smallest absolute Gasteiger partial charge is 0.335 e. The van der Waals surface area contributed by atoms with Gasteiger partial charge in [0.2, 0.25) is 0 Å². The van der Waals surface area contributed by atoms with E-state index >= 15 is 0 Å². The van der Waals surface area contributed by atoms with E-state index in [0.717, 1.165) is 13.1 Å². The third-order valence-electron chi connectivity index (χ3n) is 4.06. The van der Waals surface area contributed by atoms with Crippen molar-refractivity contribution >= 4 is 5.97 Å². The molecule has 1 aromatic carbocycles.